The van der Waals surface area contributed by atoms with Crippen LogP contribution in [0.25, 0.3) is 0 Å². The van der Waals surface area contributed by atoms with Gasteiger partial charge in [0.05, 0.1) is 6.54 Å². The number of benzene rings is 1. The number of halogens is 3. The lowest BCUT2D eigenvalue weighted by atomic mass is 10.1. The van der Waals surface area contributed by atoms with Gasteiger partial charge >= 0.3 is 0 Å². The normalized spacial score (nSPS) is 11.7. The molecule has 0 bridgehead atoms. The van der Waals surface area contributed by atoms with Crippen molar-refractivity contribution < 1.29 is 8.78 Å². The summed E-state index contributed by atoms with van der Waals surface area (Å²) in [5.74, 6) is -2.81. The molecule has 0 amide bonds. The zero-order chi connectivity index (χ0) is 9.90. The molecule has 1 aromatic rings. The van der Waals surface area contributed by atoms with Gasteiger partial charge < -0.3 is 5.32 Å². The summed E-state index contributed by atoms with van der Waals surface area (Å²) in [7, 11) is 1.51. The Hall–Kier alpha value is -0.480. The van der Waals surface area contributed by atoms with E-state index in [0.717, 1.165) is 0 Å². The second-order valence-corrected chi connectivity index (χ2v) is 3.66. The van der Waals surface area contributed by atoms with Gasteiger partial charge in [0.1, 0.15) is 0 Å². The van der Waals surface area contributed by atoms with Gasteiger partial charge in [-0.15, -0.1) is 0 Å². The lowest BCUT2D eigenvalue weighted by Gasteiger charge is -2.16. The van der Waals surface area contributed by atoms with E-state index in [-0.39, 0.29) is 12.1 Å². The number of hydrogen-bond donors (Lipinski definition) is 1. The van der Waals surface area contributed by atoms with Crippen LogP contribution in [0.15, 0.2) is 28.7 Å². The Morgan fingerprint density at radius 3 is 2.69 bits per heavy atom. The van der Waals surface area contributed by atoms with Crippen molar-refractivity contribution in [1.82, 2.24) is 5.32 Å². The van der Waals surface area contributed by atoms with Gasteiger partial charge in [0.2, 0.25) is 0 Å². The van der Waals surface area contributed by atoms with Crippen LogP contribution < -0.4 is 5.32 Å². The van der Waals surface area contributed by atoms with E-state index in [9.17, 15) is 8.78 Å². The third kappa shape index (κ3) is 2.74. The van der Waals surface area contributed by atoms with Crippen molar-refractivity contribution in [3.63, 3.8) is 0 Å². The van der Waals surface area contributed by atoms with Crippen LogP contribution in [-0.4, -0.2) is 13.6 Å². The fourth-order valence-electron chi connectivity index (χ4n) is 1.04. The quantitative estimate of drug-likeness (QED) is 0.869. The summed E-state index contributed by atoms with van der Waals surface area (Å²) in [5, 5.41) is 2.46. The molecule has 72 valence electrons. The van der Waals surface area contributed by atoms with Gasteiger partial charge in [0.15, 0.2) is 0 Å². The zero-order valence-corrected chi connectivity index (χ0v) is 8.74. The largest absolute Gasteiger partial charge is 0.314 e. The van der Waals surface area contributed by atoms with E-state index in [1.165, 1.54) is 19.2 Å². The summed E-state index contributed by atoms with van der Waals surface area (Å²) >= 11 is 3.15. The van der Waals surface area contributed by atoms with Crippen molar-refractivity contribution in [2.75, 3.05) is 13.6 Å². The molecule has 1 N–H and O–H groups in total. The molecule has 0 spiro atoms. The van der Waals surface area contributed by atoms with E-state index < -0.39 is 5.92 Å². The molecular formula is C9H10BrF2N. The maximum Gasteiger partial charge on any atom is 0.285 e. The summed E-state index contributed by atoms with van der Waals surface area (Å²) in [6, 6.07) is 6.17. The fraction of sp³-hybridized carbons (Fsp3) is 0.333. The van der Waals surface area contributed by atoms with Crippen molar-refractivity contribution in [1.29, 1.82) is 0 Å². The molecule has 0 aromatic heterocycles. The topological polar surface area (TPSA) is 12.0 Å². The fourth-order valence-corrected chi connectivity index (χ4v) is 1.44. The van der Waals surface area contributed by atoms with E-state index in [4.69, 9.17) is 0 Å². The molecule has 1 nitrogen and oxygen atoms in total. The first-order chi connectivity index (χ1) is 6.06. The van der Waals surface area contributed by atoms with Gasteiger partial charge in [-0.3, -0.25) is 0 Å². The predicted octanol–water partition coefficient (Wildman–Crippen LogP) is 2.76. The standard InChI is InChI=1S/C9H10BrF2N/c1-13-6-9(11,12)7-3-2-4-8(10)5-7/h2-5,13H,6H2,1H3. The molecule has 0 unspecified atom stereocenters. The van der Waals surface area contributed by atoms with E-state index in [1.54, 1.807) is 12.1 Å². The summed E-state index contributed by atoms with van der Waals surface area (Å²) in [6.07, 6.45) is 0. The van der Waals surface area contributed by atoms with Gasteiger partial charge in [-0.2, -0.15) is 8.78 Å². The molecule has 0 atom stereocenters. The Morgan fingerprint density at radius 2 is 2.15 bits per heavy atom. The maximum absolute atomic E-state index is 13.3. The zero-order valence-electron chi connectivity index (χ0n) is 7.15. The SMILES string of the molecule is CNCC(F)(F)c1cccc(Br)c1. The second kappa shape index (κ2) is 4.15. The average molecular weight is 250 g/mol. The molecule has 0 saturated heterocycles. The first-order valence-corrected chi connectivity index (χ1v) is 4.64. The van der Waals surface area contributed by atoms with Crippen LogP contribution in [-0.2, 0) is 5.92 Å². The highest BCUT2D eigenvalue weighted by Crippen LogP contribution is 2.28. The Morgan fingerprint density at radius 1 is 1.46 bits per heavy atom. The molecule has 1 rings (SSSR count). The Labute approximate surface area is 84.3 Å². The van der Waals surface area contributed by atoms with Crippen molar-refractivity contribution in [2.45, 2.75) is 5.92 Å². The molecule has 0 aliphatic rings. The molecule has 0 aliphatic carbocycles. The van der Waals surface area contributed by atoms with Crippen LogP contribution in [0.4, 0.5) is 8.78 Å². The third-order valence-electron chi connectivity index (χ3n) is 1.65. The first kappa shape index (κ1) is 10.6. The number of hydrogen-bond acceptors (Lipinski definition) is 1. The molecular weight excluding hydrogens is 240 g/mol. The average Bonchev–Trinajstić information content (AvgIpc) is 2.04. The minimum Gasteiger partial charge on any atom is -0.314 e. The van der Waals surface area contributed by atoms with E-state index >= 15 is 0 Å². The van der Waals surface area contributed by atoms with Gasteiger partial charge in [0.25, 0.3) is 5.92 Å². The number of likely N-dealkylation sites (N-methyl/N-ethyl adjacent to an activating group) is 1. The van der Waals surface area contributed by atoms with Gasteiger partial charge in [-0.05, 0) is 19.2 Å². The van der Waals surface area contributed by atoms with E-state index in [2.05, 4.69) is 21.2 Å². The smallest absolute Gasteiger partial charge is 0.285 e. The van der Waals surface area contributed by atoms with Gasteiger partial charge in [0, 0.05) is 10.0 Å². The van der Waals surface area contributed by atoms with Crippen LogP contribution in [0.5, 0.6) is 0 Å². The van der Waals surface area contributed by atoms with Crippen LogP contribution in [0.1, 0.15) is 5.56 Å². The molecule has 1 aromatic carbocycles. The summed E-state index contributed by atoms with van der Waals surface area (Å²) in [6.45, 7) is -0.344. The van der Waals surface area contributed by atoms with Crippen molar-refractivity contribution >= 4 is 15.9 Å². The van der Waals surface area contributed by atoms with Crippen molar-refractivity contribution in [3.8, 4) is 0 Å². The number of nitrogens with one attached hydrogen (secondary N) is 1. The van der Waals surface area contributed by atoms with Crippen LogP contribution in [0.3, 0.4) is 0 Å². The highest BCUT2D eigenvalue weighted by molar-refractivity contribution is 9.10. The van der Waals surface area contributed by atoms with Crippen LogP contribution in [0, 0.1) is 0 Å². The van der Waals surface area contributed by atoms with Gasteiger partial charge in [-0.1, -0.05) is 28.1 Å². The Bertz CT molecular complexity index is 289. The van der Waals surface area contributed by atoms with Gasteiger partial charge in [-0.25, -0.2) is 0 Å². The lowest BCUT2D eigenvalue weighted by molar-refractivity contribution is -0.00130. The molecule has 0 fully saturated rings. The predicted molar refractivity (Wildman–Crippen MR) is 52.0 cm³/mol. The summed E-state index contributed by atoms with van der Waals surface area (Å²) < 4.78 is 27.2. The van der Waals surface area contributed by atoms with E-state index in [1.807, 2.05) is 0 Å². The molecule has 0 radical (unpaired) electrons. The van der Waals surface area contributed by atoms with Crippen LogP contribution in [0.2, 0.25) is 0 Å². The Balaban J connectivity index is 2.93. The molecule has 4 heteroatoms. The number of alkyl halides is 2. The van der Waals surface area contributed by atoms with Crippen molar-refractivity contribution in [2.24, 2.45) is 0 Å². The Kier molecular flexibility index (Phi) is 3.39. The summed E-state index contributed by atoms with van der Waals surface area (Å²) in [5.41, 5.74) is 0.0243. The molecule has 0 saturated carbocycles. The molecule has 0 heterocycles. The number of rotatable bonds is 3. The highest BCUT2D eigenvalue weighted by Gasteiger charge is 2.30. The van der Waals surface area contributed by atoms with E-state index in [0.29, 0.717) is 4.47 Å². The minimum absolute atomic E-state index is 0.0243. The summed E-state index contributed by atoms with van der Waals surface area (Å²) in [4.78, 5) is 0. The van der Waals surface area contributed by atoms with Crippen molar-refractivity contribution in [3.05, 3.63) is 34.3 Å². The highest BCUT2D eigenvalue weighted by atomic mass is 79.9. The second-order valence-electron chi connectivity index (χ2n) is 2.75. The van der Waals surface area contributed by atoms with Crippen LogP contribution >= 0.6 is 15.9 Å². The maximum atomic E-state index is 13.3. The monoisotopic (exact) mass is 249 g/mol. The minimum atomic E-state index is -2.81. The molecule has 0 aliphatic heterocycles. The molecule has 13 heavy (non-hydrogen) atoms. The first-order valence-electron chi connectivity index (χ1n) is 3.85. The third-order valence-corrected chi connectivity index (χ3v) is 2.14. The lowest BCUT2D eigenvalue weighted by Crippen LogP contribution is -2.27.